The standard InChI is InChI=1S/C43H47N5O3/c1-4-39(34-12-7-5-8-13-34)42(36-14-9-6-10-15-36)37-20-22-38(23-21-37)51-29-28-46(3)30-33-16-18-35(19-17-33)40-31-48(45-44-40)26-11-25-47-27-24-41(49)43(50)32(47)2/h5-10,12-20,22,24,27,31,50H,4,11,21,23,25-26,28-30H2,1-3H3/b42-39-. The number of aromatic nitrogens is 4. The van der Waals surface area contributed by atoms with E-state index in [0.29, 0.717) is 25.4 Å². The zero-order valence-electron chi connectivity index (χ0n) is 29.8. The van der Waals surface area contributed by atoms with Gasteiger partial charge in [0.25, 0.3) is 0 Å². The molecule has 6 rings (SSSR count). The second kappa shape index (κ2) is 17.0. The minimum Gasteiger partial charge on any atom is -0.503 e. The maximum absolute atomic E-state index is 11.6. The van der Waals surface area contributed by atoms with Crippen molar-refractivity contribution in [3.8, 4) is 17.0 Å². The third kappa shape index (κ3) is 9.01. The Hall–Kier alpha value is -5.47. The van der Waals surface area contributed by atoms with Crippen LogP contribution in [0, 0.1) is 6.92 Å². The molecule has 5 aromatic rings. The fourth-order valence-electron chi connectivity index (χ4n) is 6.62. The Kier molecular flexibility index (Phi) is 11.8. The van der Waals surface area contributed by atoms with Crippen LogP contribution in [0.4, 0.5) is 0 Å². The van der Waals surface area contributed by atoms with E-state index in [0.717, 1.165) is 55.8 Å². The van der Waals surface area contributed by atoms with E-state index in [9.17, 15) is 9.90 Å². The lowest BCUT2D eigenvalue weighted by atomic mass is 9.84. The number of hydrogen-bond donors (Lipinski definition) is 1. The quantitative estimate of drug-likeness (QED) is 0.112. The summed E-state index contributed by atoms with van der Waals surface area (Å²) in [5.41, 5.74) is 9.91. The molecule has 0 unspecified atom stereocenters. The van der Waals surface area contributed by atoms with E-state index in [1.54, 1.807) is 13.1 Å². The molecule has 2 aromatic heterocycles. The van der Waals surface area contributed by atoms with E-state index in [4.69, 9.17) is 4.74 Å². The molecule has 8 nitrogen and oxygen atoms in total. The van der Waals surface area contributed by atoms with Gasteiger partial charge in [-0.3, -0.25) is 14.4 Å². The van der Waals surface area contributed by atoms with Crippen molar-refractivity contribution in [2.24, 2.45) is 0 Å². The molecule has 1 aliphatic rings. The van der Waals surface area contributed by atoms with E-state index < -0.39 is 0 Å². The fourth-order valence-corrected chi connectivity index (χ4v) is 6.62. The van der Waals surface area contributed by atoms with Crippen molar-refractivity contribution in [3.63, 3.8) is 0 Å². The molecular weight excluding hydrogens is 635 g/mol. The van der Waals surface area contributed by atoms with Crippen LogP contribution in [0.25, 0.3) is 22.4 Å². The highest BCUT2D eigenvalue weighted by Gasteiger charge is 2.18. The van der Waals surface area contributed by atoms with Gasteiger partial charge in [-0.05, 0) is 72.7 Å². The van der Waals surface area contributed by atoms with E-state index in [1.807, 2.05) is 15.4 Å². The maximum atomic E-state index is 11.6. The number of nitrogens with zero attached hydrogens (tertiary/aromatic N) is 5. The van der Waals surface area contributed by atoms with Gasteiger partial charge in [-0.25, -0.2) is 0 Å². The number of aryl methyl sites for hydroxylation is 2. The van der Waals surface area contributed by atoms with Crippen LogP contribution in [0.15, 0.2) is 132 Å². The predicted octanol–water partition coefficient (Wildman–Crippen LogP) is 8.28. The van der Waals surface area contributed by atoms with Crippen molar-refractivity contribution < 1.29 is 9.84 Å². The molecule has 0 atom stereocenters. The van der Waals surface area contributed by atoms with E-state index in [1.165, 1.54) is 39.5 Å². The van der Waals surface area contributed by atoms with Crippen LogP contribution in [0.2, 0.25) is 0 Å². The number of benzene rings is 3. The molecule has 0 spiro atoms. The average Bonchev–Trinajstić information content (AvgIpc) is 3.64. The Labute approximate surface area is 300 Å². The molecule has 1 aliphatic carbocycles. The summed E-state index contributed by atoms with van der Waals surface area (Å²) in [5.74, 6) is 0.851. The van der Waals surface area contributed by atoms with Gasteiger partial charge in [-0.2, -0.15) is 0 Å². The molecule has 2 heterocycles. The Bertz CT molecular complexity index is 2060. The van der Waals surface area contributed by atoms with Gasteiger partial charge in [-0.1, -0.05) is 103 Å². The summed E-state index contributed by atoms with van der Waals surface area (Å²) < 4.78 is 9.97. The van der Waals surface area contributed by atoms with Crippen molar-refractivity contribution in [1.82, 2.24) is 24.5 Å². The van der Waals surface area contributed by atoms with Crippen LogP contribution in [0.1, 0.15) is 55.0 Å². The number of ether oxygens (including phenoxy) is 1. The molecule has 51 heavy (non-hydrogen) atoms. The van der Waals surface area contributed by atoms with Crippen molar-refractivity contribution in [2.45, 2.75) is 59.2 Å². The minimum absolute atomic E-state index is 0.191. The highest BCUT2D eigenvalue weighted by molar-refractivity contribution is 5.98. The Morgan fingerprint density at radius 2 is 1.63 bits per heavy atom. The van der Waals surface area contributed by atoms with Gasteiger partial charge in [0, 0.05) is 50.4 Å². The highest BCUT2D eigenvalue weighted by Crippen LogP contribution is 2.38. The topological polar surface area (TPSA) is 85.4 Å². The summed E-state index contributed by atoms with van der Waals surface area (Å²) in [6, 6.07) is 31.4. The van der Waals surface area contributed by atoms with Crippen LogP contribution < -0.4 is 5.43 Å². The first-order valence-electron chi connectivity index (χ1n) is 17.8. The van der Waals surface area contributed by atoms with Gasteiger partial charge in [-0.15, -0.1) is 5.10 Å². The lowest BCUT2D eigenvalue weighted by Crippen LogP contribution is -2.22. The zero-order valence-corrected chi connectivity index (χ0v) is 29.8. The summed E-state index contributed by atoms with van der Waals surface area (Å²) in [7, 11) is 2.12. The van der Waals surface area contributed by atoms with Gasteiger partial charge in [0.1, 0.15) is 12.3 Å². The fraction of sp³-hybridized carbons (Fsp3) is 0.279. The predicted molar refractivity (Wildman–Crippen MR) is 205 cm³/mol. The second-order valence-corrected chi connectivity index (χ2v) is 13.1. The monoisotopic (exact) mass is 681 g/mol. The van der Waals surface area contributed by atoms with Gasteiger partial charge < -0.3 is 14.4 Å². The largest absolute Gasteiger partial charge is 0.503 e. The first kappa shape index (κ1) is 35.4. The van der Waals surface area contributed by atoms with E-state index in [2.05, 4.69) is 126 Å². The molecule has 0 fully saturated rings. The number of rotatable bonds is 15. The Balaban J connectivity index is 0.992. The molecule has 0 saturated heterocycles. The number of allylic oxidation sites excluding steroid dienone is 6. The van der Waals surface area contributed by atoms with Gasteiger partial charge in [0.15, 0.2) is 5.75 Å². The van der Waals surface area contributed by atoms with Crippen LogP contribution in [0.3, 0.4) is 0 Å². The molecule has 262 valence electrons. The normalized spacial score (nSPS) is 13.5. The van der Waals surface area contributed by atoms with Gasteiger partial charge >= 0.3 is 0 Å². The Morgan fingerprint density at radius 1 is 0.902 bits per heavy atom. The number of likely N-dealkylation sites (N-methyl/N-ethyl adjacent to an activating group) is 1. The average molecular weight is 682 g/mol. The summed E-state index contributed by atoms with van der Waals surface area (Å²) in [6.45, 7) is 7.63. The Morgan fingerprint density at radius 3 is 2.31 bits per heavy atom. The first-order chi connectivity index (χ1) is 24.9. The lowest BCUT2D eigenvalue weighted by Gasteiger charge is -2.23. The maximum Gasteiger partial charge on any atom is 0.223 e. The van der Waals surface area contributed by atoms with Crippen LogP contribution >= 0.6 is 0 Å². The summed E-state index contributed by atoms with van der Waals surface area (Å²) in [6.07, 6.45) is 11.7. The van der Waals surface area contributed by atoms with Crippen molar-refractivity contribution in [3.05, 3.63) is 159 Å². The SMILES string of the molecule is CC/C(=C(/C1=CC=C(OCCN(C)Cc2ccc(-c3cn(CCCn4ccc(=O)c(O)c4C)nn3)cc2)CC1)c1ccccc1)c1ccccc1. The van der Waals surface area contributed by atoms with E-state index >= 15 is 0 Å². The van der Waals surface area contributed by atoms with Crippen LogP contribution in [0.5, 0.6) is 5.75 Å². The molecule has 0 saturated carbocycles. The molecule has 0 radical (unpaired) electrons. The summed E-state index contributed by atoms with van der Waals surface area (Å²) in [5, 5.41) is 18.6. The third-order valence-corrected chi connectivity index (χ3v) is 9.47. The van der Waals surface area contributed by atoms with Gasteiger partial charge in [0.05, 0.1) is 17.6 Å². The number of hydrogen-bond acceptors (Lipinski definition) is 6. The molecule has 1 N–H and O–H groups in total. The smallest absolute Gasteiger partial charge is 0.223 e. The molecule has 8 heteroatoms. The van der Waals surface area contributed by atoms with Crippen LogP contribution in [-0.2, 0) is 24.4 Å². The summed E-state index contributed by atoms with van der Waals surface area (Å²) in [4.78, 5) is 13.9. The van der Waals surface area contributed by atoms with Crippen molar-refractivity contribution >= 4 is 11.1 Å². The molecule has 3 aromatic carbocycles. The molecule has 0 aliphatic heterocycles. The minimum atomic E-state index is -0.354. The highest BCUT2D eigenvalue weighted by atomic mass is 16.5. The first-order valence-corrected chi connectivity index (χ1v) is 17.8. The van der Waals surface area contributed by atoms with Crippen molar-refractivity contribution in [2.75, 3.05) is 20.2 Å². The third-order valence-electron chi connectivity index (χ3n) is 9.47. The van der Waals surface area contributed by atoms with Crippen LogP contribution in [-0.4, -0.2) is 49.8 Å². The van der Waals surface area contributed by atoms with Gasteiger partial charge in [0.2, 0.25) is 5.43 Å². The molecule has 0 amide bonds. The van der Waals surface area contributed by atoms with Crippen molar-refractivity contribution in [1.29, 1.82) is 0 Å². The number of pyridine rings is 1. The second-order valence-electron chi connectivity index (χ2n) is 13.1. The van der Waals surface area contributed by atoms with E-state index in [-0.39, 0.29) is 11.2 Å². The molecular formula is C43H47N5O3. The lowest BCUT2D eigenvalue weighted by molar-refractivity contribution is 0.162. The summed E-state index contributed by atoms with van der Waals surface area (Å²) >= 11 is 0. The molecule has 0 bridgehead atoms. The number of aromatic hydroxyl groups is 1. The zero-order chi connectivity index (χ0) is 35.6.